The summed E-state index contributed by atoms with van der Waals surface area (Å²) in [4.78, 5) is 2.50. The van der Waals surface area contributed by atoms with E-state index in [9.17, 15) is 0 Å². The molecule has 2 N–H and O–H groups in total. The molecule has 1 aliphatic rings. The molecule has 1 fully saturated rings. The fourth-order valence-electron chi connectivity index (χ4n) is 2.89. The number of likely N-dealkylation sites (tertiary alicyclic amines) is 1. The molecule has 0 radical (unpaired) electrons. The van der Waals surface area contributed by atoms with E-state index in [0.717, 1.165) is 43.6 Å². The van der Waals surface area contributed by atoms with E-state index in [1.54, 1.807) is 14.2 Å². The van der Waals surface area contributed by atoms with E-state index in [0.29, 0.717) is 0 Å². The van der Waals surface area contributed by atoms with Gasteiger partial charge in [0.2, 0.25) is 0 Å². The van der Waals surface area contributed by atoms with Gasteiger partial charge in [0.1, 0.15) is 11.5 Å². The van der Waals surface area contributed by atoms with Gasteiger partial charge in [-0.2, -0.15) is 0 Å². The van der Waals surface area contributed by atoms with Gasteiger partial charge in [0.05, 0.1) is 14.2 Å². The van der Waals surface area contributed by atoms with Crippen LogP contribution in [-0.4, -0.2) is 38.8 Å². The molecule has 4 heteroatoms. The average molecular weight is 278 g/mol. The van der Waals surface area contributed by atoms with E-state index in [2.05, 4.69) is 11.0 Å². The number of nitrogens with zero attached hydrogens (tertiary/aromatic N) is 1. The number of rotatable bonds is 6. The van der Waals surface area contributed by atoms with Crippen LogP contribution in [0.15, 0.2) is 18.2 Å². The summed E-state index contributed by atoms with van der Waals surface area (Å²) in [6.07, 6.45) is 3.69. The molecule has 1 aromatic rings. The Morgan fingerprint density at radius 2 is 1.95 bits per heavy atom. The van der Waals surface area contributed by atoms with Crippen LogP contribution in [0.3, 0.4) is 0 Å². The molecule has 1 aliphatic heterocycles. The molecule has 1 saturated heterocycles. The Hall–Kier alpha value is -1.26. The van der Waals surface area contributed by atoms with Crippen molar-refractivity contribution in [1.82, 2.24) is 4.90 Å². The van der Waals surface area contributed by atoms with E-state index in [-0.39, 0.29) is 0 Å². The lowest BCUT2D eigenvalue weighted by Gasteiger charge is -2.32. The van der Waals surface area contributed by atoms with Crippen molar-refractivity contribution >= 4 is 0 Å². The van der Waals surface area contributed by atoms with Gasteiger partial charge in [-0.3, -0.25) is 4.90 Å². The Bertz CT molecular complexity index is 415. The van der Waals surface area contributed by atoms with Crippen molar-refractivity contribution in [2.75, 3.05) is 33.9 Å². The quantitative estimate of drug-likeness (QED) is 0.867. The minimum absolute atomic E-state index is 0.814. The third kappa shape index (κ3) is 3.87. The molecule has 1 heterocycles. The molecule has 4 nitrogen and oxygen atoms in total. The minimum atomic E-state index is 0.814. The second kappa shape index (κ2) is 7.50. The van der Waals surface area contributed by atoms with E-state index in [1.165, 1.54) is 24.8 Å². The zero-order valence-corrected chi connectivity index (χ0v) is 12.6. The minimum Gasteiger partial charge on any atom is -0.497 e. The average Bonchev–Trinajstić information content (AvgIpc) is 2.50. The highest BCUT2D eigenvalue weighted by atomic mass is 16.5. The number of nitrogens with two attached hydrogens (primary N) is 1. The molecular weight excluding hydrogens is 252 g/mol. The zero-order valence-electron chi connectivity index (χ0n) is 12.6. The van der Waals surface area contributed by atoms with Crippen LogP contribution in [0.2, 0.25) is 0 Å². The van der Waals surface area contributed by atoms with Crippen LogP contribution in [0.1, 0.15) is 24.8 Å². The first-order valence-electron chi connectivity index (χ1n) is 7.40. The number of hydrogen-bond donors (Lipinski definition) is 1. The SMILES string of the molecule is COc1ccc(CN2CCC(CCN)CC2)c(OC)c1. The van der Waals surface area contributed by atoms with Crippen LogP contribution >= 0.6 is 0 Å². The maximum absolute atomic E-state index is 5.64. The zero-order chi connectivity index (χ0) is 14.4. The monoisotopic (exact) mass is 278 g/mol. The third-order valence-corrected chi connectivity index (χ3v) is 4.17. The lowest BCUT2D eigenvalue weighted by Crippen LogP contribution is -2.33. The molecular formula is C16H26N2O2. The molecule has 2 rings (SSSR count). The number of benzene rings is 1. The highest BCUT2D eigenvalue weighted by molar-refractivity contribution is 5.40. The van der Waals surface area contributed by atoms with Crippen molar-refractivity contribution in [3.63, 3.8) is 0 Å². The van der Waals surface area contributed by atoms with Crippen molar-refractivity contribution < 1.29 is 9.47 Å². The van der Waals surface area contributed by atoms with E-state index >= 15 is 0 Å². The first-order valence-corrected chi connectivity index (χ1v) is 7.40. The van der Waals surface area contributed by atoms with Crippen molar-refractivity contribution in [2.45, 2.75) is 25.8 Å². The fourth-order valence-corrected chi connectivity index (χ4v) is 2.89. The lowest BCUT2D eigenvalue weighted by molar-refractivity contribution is 0.172. The predicted octanol–water partition coefficient (Wildman–Crippen LogP) is 2.26. The topological polar surface area (TPSA) is 47.7 Å². The Morgan fingerprint density at radius 1 is 1.20 bits per heavy atom. The Balaban J connectivity index is 1.94. The highest BCUT2D eigenvalue weighted by Gasteiger charge is 2.19. The summed E-state index contributed by atoms with van der Waals surface area (Å²) < 4.78 is 10.7. The Morgan fingerprint density at radius 3 is 2.55 bits per heavy atom. The summed E-state index contributed by atoms with van der Waals surface area (Å²) in [6.45, 7) is 4.07. The van der Waals surface area contributed by atoms with Crippen molar-refractivity contribution in [1.29, 1.82) is 0 Å². The molecule has 0 saturated carbocycles. The van der Waals surface area contributed by atoms with Gasteiger partial charge in [-0.15, -0.1) is 0 Å². The van der Waals surface area contributed by atoms with Gasteiger partial charge < -0.3 is 15.2 Å². The molecule has 0 unspecified atom stereocenters. The summed E-state index contributed by atoms with van der Waals surface area (Å²) in [7, 11) is 3.39. The number of methoxy groups -OCH3 is 2. The highest BCUT2D eigenvalue weighted by Crippen LogP contribution is 2.27. The summed E-state index contributed by atoms with van der Waals surface area (Å²) in [5.74, 6) is 2.56. The maximum Gasteiger partial charge on any atom is 0.127 e. The van der Waals surface area contributed by atoms with Crippen LogP contribution < -0.4 is 15.2 Å². The summed E-state index contributed by atoms with van der Waals surface area (Å²) in [5, 5.41) is 0. The van der Waals surface area contributed by atoms with Crippen LogP contribution in [0.25, 0.3) is 0 Å². The Labute approximate surface area is 121 Å². The van der Waals surface area contributed by atoms with Crippen LogP contribution in [0.5, 0.6) is 11.5 Å². The third-order valence-electron chi connectivity index (χ3n) is 4.17. The predicted molar refractivity (Wildman–Crippen MR) is 81.2 cm³/mol. The van der Waals surface area contributed by atoms with E-state index in [1.807, 2.05) is 12.1 Å². The lowest BCUT2D eigenvalue weighted by atomic mass is 9.93. The van der Waals surface area contributed by atoms with Crippen LogP contribution in [0.4, 0.5) is 0 Å². The van der Waals surface area contributed by atoms with Gasteiger partial charge in [-0.05, 0) is 50.9 Å². The molecule has 0 aromatic heterocycles. The second-order valence-corrected chi connectivity index (χ2v) is 5.47. The normalized spacial score (nSPS) is 17.1. The van der Waals surface area contributed by atoms with Crippen molar-refractivity contribution in [2.24, 2.45) is 11.7 Å². The molecule has 1 aromatic carbocycles. The summed E-state index contributed by atoms with van der Waals surface area (Å²) >= 11 is 0. The van der Waals surface area contributed by atoms with E-state index < -0.39 is 0 Å². The standard InChI is InChI=1S/C16H26N2O2/c1-19-15-4-3-14(16(11-15)20-2)12-18-9-6-13(5-8-17)7-10-18/h3-4,11,13H,5-10,12,17H2,1-2H3. The molecule has 20 heavy (non-hydrogen) atoms. The van der Waals surface area contributed by atoms with Crippen LogP contribution in [-0.2, 0) is 6.54 Å². The molecule has 0 aliphatic carbocycles. The summed E-state index contributed by atoms with van der Waals surface area (Å²) in [5.41, 5.74) is 6.87. The van der Waals surface area contributed by atoms with Gasteiger partial charge in [0, 0.05) is 18.2 Å². The largest absolute Gasteiger partial charge is 0.497 e. The Kier molecular flexibility index (Phi) is 5.68. The second-order valence-electron chi connectivity index (χ2n) is 5.47. The van der Waals surface area contributed by atoms with Gasteiger partial charge in [-0.1, -0.05) is 6.07 Å². The fraction of sp³-hybridized carbons (Fsp3) is 0.625. The van der Waals surface area contributed by atoms with Gasteiger partial charge in [-0.25, -0.2) is 0 Å². The maximum atomic E-state index is 5.64. The first-order chi connectivity index (χ1) is 9.76. The summed E-state index contributed by atoms with van der Waals surface area (Å²) in [6, 6.07) is 6.05. The van der Waals surface area contributed by atoms with Gasteiger partial charge >= 0.3 is 0 Å². The van der Waals surface area contributed by atoms with Crippen molar-refractivity contribution in [3.8, 4) is 11.5 Å². The van der Waals surface area contributed by atoms with Gasteiger partial charge in [0.15, 0.2) is 0 Å². The van der Waals surface area contributed by atoms with Crippen molar-refractivity contribution in [3.05, 3.63) is 23.8 Å². The molecule has 0 bridgehead atoms. The number of piperidine rings is 1. The van der Waals surface area contributed by atoms with Crippen LogP contribution in [0, 0.1) is 5.92 Å². The molecule has 0 amide bonds. The molecule has 0 atom stereocenters. The van der Waals surface area contributed by atoms with Gasteiger partial charge in [0.25, 0.3) is 0 Å². The molecule has 112 valence electrons. The number of hydrogen-bond acceptors (Lipinski definition) is 4. The molecule has 0 spiro atoms. The number of ether oxygens (including phenoxy) is 2. The smallest absolute Gasteiger partial charge is 0.127 e. The first kappa shape index (κ1) is 15.1. The van der Waals surface area contributed by atoms with E-state index in [4.69, 9.17) is 15.2 Å².